The van der Waals surface area contributed by atoms with E-state index in [1.54, 1.807) is 0 Å². The maximum absolute atomic E-state index is 11.2. The summed E-state index contributed by atoms with van der Waals surface area (Å²) in [6, 6.07) is 0.899. The number of nitrogens with zero attached hydrogens (tertiary/aromatic N) is 1. The minimum atomic E-state index is -0.0328. The summed E-state index contributed by atoms with van der Waals surface area (Å²) in [6.45, 7) is 4.95. The third-order valence-electron chi connectivity index (χ3n) is 3.88. The van der Waals surface area contributed by atoms with Crippen LogP contribution >= 0.6 is 0 Å². The van der Waals surface area contributed by atoms with E-state index >= 15 is 0 Å². The van der Waals surface area contributed by atoms with Gasteiger partial charge in [0.15, 0.2) is 0 Å². The molecule has 0 N–H and O–H groups in total. The third kappa shape index (κ3) is 5.38. The maximum atomic E-state index is 11.2. The first-order valence-electron chi connectivity index (χ1n) is 7.69. The maximum Gasteiger partial charge on any atom is 0.305 e. The van der Waals surface area contributed by atoms with Crippen LogP contribution in [0.15, 0.2) is 0 Å². The summed E-state index contributed by atoms with van der Waals surface area (Å²) < 4.78 is 4.93. The molecule has 2 rings (SSSR count). The number of hydrogen-bond donors (Lipinski definition) is 0. The van der Waals surface area contributed by atoms with Gasteiger partial charge in [-0.05, 0) is 57.9 Å². The van der Waals surface area contributed by atoms with E-state index in [0.717, 1.165) is 24.8 Å². The molecule has 0 amide bonds. The van der Waals surface area contributed by atoms with Gasteiger partial charge in [0.2, 0.25) is 0 Å². The van der Waals surface area contributed by atoms with Crippen molar-refractivity contribution in [2.24, 2.45) is 5.92 Å². The first-order valence-corrected chi connectivity index (χ1v) is 7.69. The normalized spacial score (nSPS) is 19.2. The van der Waals surface area contributed by atoms with E-state index in [9.17, 15) is 4.79 Å². The second-order valence-electron chi connectivity index (χ2n) is 5.79. The van der Waals surface area contributed by atoms with Crippen molar-refractivity contribution in [1.29, 1.82) is 0 Å². The van der Waals surface area contributed by atoms with Crippen molar-refractivity contribution in [2.75, 3.05) is 19.7 Å². The van der Waals surface area contributed by atoms with Crippen molar-refractivity contribution < 1.29 is 9.53 Å². The summed E-state index contributed by atoms with van der Waals surface area (Å²) in [5.74, 6) is 0.972. The summed E-state index contributed by atoms with van der Waals surface area (Å²) in [6.07, 6.45) is 9.71. The standard InChI is InChI=1S/C15H27NO2/c1-2-18-15(17)6-4-3-5-11-16(14-9-10-14)12-13-7-8-13/h13-14H,2-12H2,1H3. The van der Waals surface area contributed by atoms with Gasteiger partial charge in [0.05, 0.1) is 6.61 Å². The van der Waals surface area contributed by atoms with Gasteiger partial charge in [0, 0.05) is 19.0 Å². The van der Waals surface area contributed by atoms with E-state index in [-0.39, 0.29) is 5.97 Å². The van der Waals surface area contributed by atoms with Crippen LogP contribution in [0.3, 0.4) is 0 Å². The van der Waals surface area contributed by atoms with Crippen molar-refractivity contribution in [3.05, 3.63) is 0 Å². The van der Waals surface area contributed by atoms with Gasteiger partial charge < -0.3 is 9.64 Å². The van der Waals surface area contributed by atoms with E-state index in [2.05, 4.69) is 4.90 Å². The molecule has 0 spiro atoms. The van der Waals surface area contributed by atoms with Crippen LogP contribution in [0.4, 0.5) is 0 Å². The summed E-state index contributed by atoms with van der Waals surface area (Å²) >= 11 is 0. The molecule has 0 aliphatic heterocycles. The Labute approximate surface area is 111 Å². The summed E-state index contributed by atoms with van der Waals surface area (Å²) in [7, 11) is 0. The van der Waals surface area contributed by atoms with Gasteiger partial charge >= 0.3 is 5.97 Å². The number of esters is 1. The molecule has 0 bridgehead atoms. The highest BCUT2D eigenvalue weighted by Crippen LogP contribution is 2.34. The van der Waals surface area contributed by atoms with E-state index in [1.807, 2.05) is 6.92 Å². The predicted octanol–water partition coefficient (Wildman–Crippen LogP) is 2.98. The van der Waals surface area contributed by atoms with Gasteiger partial charge in [0.25, 0.3) is 0 Å². The zero-order chi connectivity index (χ0) is 12.8. The van der Waals surface area contributed by atoms with Gasteiger partial charge in [-0.25, -0.2) is 0 Å². The molecule has 2 aliphatic rings. The number of carbonyl (C=O) groups excluding carboxylic acids is 1. The van der Waals surface area contributed by atoms with Gasteiger partial charge in [-0.1, -0.05) is 6.42 Å². The van der Waals surface area contributed by atoms with E-state index in [1.165, 1.54) is 45.2 Å². The summed E-state index contributed by atoms with van der Waals surface area (Å²) in [4.78, 5) is 13.9. The van der Waals surface area contributed by atoms with E-state index < -0.39 is 0 Å². The van der Waals surface area contributed by atoms with Crippen molar-refractivity contribution in [1.82, 2.24) is 4.90 Å². The van der Waals surface area contributed by atoms with Gasteiger partial charge in [-0.2, -0.15) is 0 Å². The molecular formula is C15H27NO2. The minimum Gasteiger partial charge on any atom is -0.466 e. The largest absolute Gasteiger partial charge is 0.466 e. The number of unbranched alkanes of at least 4 members (excludes halogenated alkanes) is 2. The number of rotatable bonds is 10. The Morgan fingerprint density at radius 2 is 1.94 bits per heavy atom. The van der Waals surface area contributed by atoms with Crippen LogP contribution in [-0.4, -0.2) is 36.6 Å². The van der Waals surface area contributed by atoms with Crippen LogP contribution in [0.2, 0.25) is 0 Å². The summed E-state index contributed by atoms with van der Waals surface area (Å²) in [5, 5.41) is 0. The van der Waals surface area contributed by atoms with Crippen LogP contribution in [0, 0.1) is 5.92 Å². The first kappa shape index (κ1) is 13.9. The fraction of sp³-hybridized carbons (Fsp3) is 0.933. The van der Waals surface area contributed by atoms with Crippen molar-refractivity contribution in [3.63, 3.8) is 0 Å². The lowest BCUT2D eigenvalue weighted by atomic mass is 10.2. The molecule has 2 fully saturated rings. The lowest BCUT2D eigenvalue weighted by molar-refractivity contribution is -0.143. The number of hydrogen-bond acceptors (Lipinski definition) is 3. The van der Waals surface area contributed by atoms with Crippen molar-refractivity contribution in [3.8, 4) is 0 Å². The number of carbonyl (C=O) groups is 1. The van der Waals surface area contributed by atoms with Crippen molar-refractivity contribution in [2.45, 2.75) is 64.3 Å². The highest BCUT2D eigenvalue weighted by molar-refractivity contribution is 5.69. The topological polar surface area (TPSA) is 29.5 Å². The average molecular weight is 253 g/mol. The zero-order valence-electron chi connectivity index (χ0n) is 11.7. The minimum absolute atomic E-state index is 0.0328. The Balaban J connectivity index is 1.49. The predicted molar refractivity (Wildman–Crippen MR) is 72.4 cm³/mol. The molecule has 0 aromatic carbocycles. The van der Waals surface area contributed by atoms with E-state index in [4.69, 9.17) is 4.74 Å². The molecule has 2 saturated carbocycles. The zero-order valence-corrected chi connectivity index (χ0v) is 11.7. The molecule has 0 atom stereocenters. The second kappa shape index (κ2) is 7.13. The Morgan fingerprint density at radius 1 is 1.17 bits per heavy atom. The monoisotopic (exact) mass is 253 g/mol. The molecule has 0 radical (unpaired) electrons. The van der Waals surface area contributed by atoms with Crippen LogP contribution in [0.5, 0.6) is 0 Å². The lowest BCUT2D eigenvalue weighted by Gasteiger charge is -2.21. The molecule has 0 unspecified atom stereocenters. The SMILES string of the molecule is CCOC(=O)CCCCCN(CC1CC1)C1CC1. The average Bonchev–Trinajstić information content (AvgIpc) is 3.20. The molecule has 3 heteroatoms. The van der Waals surface area contributed by atoms with Gasteiger partial charge in [-0.15, -0.1) is 0 Å². The van der Waals surface area contributed by atoms with Crippen LogP contribution in [0.1, 0.15) is 58.3 Å². The molecule has 0 heterocycles. The van der Waals surface area contributed by atoms with Crippen molar-refractivity contribution >= 4 is 5.97 Å². The molecule has 0 aromatic heterocycles. The Bertz CT molecular complexity index is 259. The fourth-order valence-electron chi connectivity index (χ4n) is 2.49. The second-order valence-corrected chi connectivity index (χ2v) is 5.79. The van der Waals surface area contributed by atoms with Gasteiger partial charge in [0.1, 0.15) is 0 Å². The summed E-state index contributed by atoms with van der Waals surface area (Å²) in [5.41, 5.74) is 0. The molecule has 2 aliphatic carbocycles. The van der Waals surface area contributed by atoms with Gasteiger partial charge in [-0.3, -0.25) is 4.79 Å². The van der Waals surface area contributed by atoms with Crippen LogP contribution in [0.25, 0.3) is 0 Å². The highest BCUT2D eigenvalue weighted by Gasteiger charge is 2.32. The molecule has 3 nitrogen and oxygen atoms in total. The first-order chi connectivity index (χ1) is 8.79. The molecule has 18 heavy (non-hydrogen) atoms. The Hall–Kier alpha value is -0.570. The molecule has 0 aromatic rings. The third-order valence-corrected chi connectivity index (χ3v) is 3.88. The van der Waals surface area contributed by atoms with Crippen LogP contribution < -0.4 is 0 Å². The molecule has 104 valence electrons. The highest BCUT2D eigenvalue weighted by atomic mass is 16.5. The smallest absolute Gasteiger partial charge is 0.305 e. The fourth-order valence-corrected chi connectivity index (χ4v) is 2.49. The van der Waals surface area contributed by atoms with E-state index in [0.29, 0.717) is 13.0 Å². The quantitative estimate of drug-likeness (QED) is 0.443. The molecule has 0 saturated heterocycles. The Kier molecular flexibility index (Phi) is 5.48. The molecular weight excluding hydrogens is 226 g/mol. The number of ether oxygens (including phenoxy) is 1. The lowest BCUT2D eigenvalue weighted by Crippen LogP contribution is -2.29. The van der Waals surface area contributed by atoms with Crippen LogP contribution in [-0.2, 0) is 9.53 Å². The Morgan fingerprint density at radius 3 is 2.56 bits per heavy atom.